The van der Waals surface area contributed by atoms with Crippen molar-refractivity contribution in [2.24, 2.45) is 16.7 Å². The molecule has 0 aromatic carbocycles. The topological polar surface area (TPSA) is 56.8 Å². The maximum Gasteiger partial charge on any atom is 0.222 e. The first-order chi connectivity index (χ1) is 10.9. The van der Waals surface area contributed by atoms with Crippen molar-refractivity contribution < 1.29 is 19.0 Å². The minimum Gasteiger partial charge on any atom is -0.382 e. The Morgan fingerprint density at radius 2 is 1.74 bits per heavy atom. The second-order valence-electron chi connectivity index (χ2n) is 7.70. The smallest absolute Gasteiger partial charge is 0.222 e. The van der Waals surface area contributed by atoms with Crippen LogP contribution in [0.4, 0.5) is 0 Å². The molecule has 0 aliphatic heterocycles. The molecule has 0 aromatic rings. The first-order valence-corrected chi connectivity index (χ1v) is 8.85. The Labute approximate surface area is 140 Å². The lowest BCUT2D eigenvalue weighted by Gasteiger charge is -2.39. The van der Waals surface area contributed by atoms with Gasteiger partial charge in [-0.05, 0) is 36.0 Å². The van der Waals surface area contributed by atoms with Crippen LogP contribution in [0.1, 0.15) is 46.5 Å². The van der Waals surface area contributed by atoms with Crippen molar-refractivity contribution in [3.63, 3.8) is 0 Å². The molecule has 2 saturated carbocycles. The molecule has 0 spiro atoms. The van der Waals surface area contributed by atoms with E-state index >= 15 is 0 Å². The fourth-order valence-electron chi connectivity index (χ4n) is 4.32. The molecule has 3 atom stereocenters. The molecule has 2 aliphatic rings. The number of amides is 1. The zero-order valence-corrected chi connectivity index (χ0v) is 15.2. The van der Waals surface area contributed by atoms with Gasteiger partial charge in [-0.2, -0.15) is 0 Å². The average Bonchev–Trinajstić information content (AvgIpc) is 2.83. The number of hydrogen-bond acceptors (Lipinski definition) is 4. The summed E-state index contributed by atoms with van der Waals surface area (Å²) < 4.78 is 15.6. The Bertz CT molecular complexity index is 398. The molecule has 1 amide bonds. The summed E-state index contributed by atoms with van der Waals surface area (Å²) in [5.41, 5.74) is 0.574. The van der Waals surface area contributed by atoms with Gasteiger partial charge in [0.25, 0.3) is 0 Å². The van der Waals surface area contributed by atoms with Gasteiger partial charge < -0.3 is 19.5 Å². The Morgan fingerprint density at radius 3 is 2.30 bits per heavy atom. The van der Waals surface area contributed by atoms with Crippen LogP contribution in [0.2, 0.25) is 0 Å². The largest absolute Gasteiger partial charge is 0.382 e. The fraction of sp³-hybridized carbons (Fsp3) is 0.944. The standard InChI is InChI=1S/C18H33NO4/c1-17(2)14-5-7-18(17,3)15(13-14)19-16(20)6-8-22-11-12-23-10-9-21-4/h14-15H,5-13H2,1-4H3,(H,19,20)/t14-,15+,18+/m1/s1. The van der Waals surface area contributed by atoms with Crippen molar-refractivity contribution in [1.29, 1.82) is 0 Å². The molecule has 2 fully saturated rings. The monoisotopic (exact) mass is 327 g/mol. The van der Waals surface area contributed by atoms with Crippen molar-refractivity contribution in [2.45, 2.75) is 52.5 Å². The third-order valence-electron chi connectivity index (χ3n) is 6.41. The van der Waals surface area contributed by atoms with Gasteiger partial charge in [0.05, 0.1) is 33.0 Å². The minimum absolute atomic E-state index is 0.111. The maximum atomic E-state index is 12.2. The second-order valence-corrected chi connectivity index (χ2v) is 7.70. The molecule has 2 rings (SSSR count). The van der Waals surface area contributed by atoms with Gasteiger partial charge in [-0.1, -0.05) is 20.8 Å². The fourth-order valence-corrected chi connectivity index (χ4v) is 4.32. The first-order valence-electron chi connectivity index (χ1n) is 8.85. The van der Waals surface area contributed by atoms with Crippen LogP contribution in [0.25, 0.3) is 0 Å². The van der Waals surface area contributed by atoms with Crippen LogP contribution in [0.3, 0.4) is 0 Å². The number of rotatable bonds is 10. The van der Waals surface area contributed by atoms with E-state index in [1.165, 1.54) is 12.8 Å². The van der Waals surface area contributed by atoms with E-state index in [-0.39, 0.29) is 11.3 Å². The van der Waals surface area contributed by atoms with E-state index < -0.39 is 0 Å². The number of ether oxygens (including phenoxy) is 3. The highest BCUT2D eigenvalue weighted by atomic mass is 16.5. The van der Waals surface area contributed by atoms with Crippen molar-refractivity contribution in [2.75, 3.05) is 40.1 Å². The summed E-state index contributed by atoms with van der Waals surface area (Å²) in [6, 6.07) is 0.320. The van der Waals surface area contributed by atoms with Gasteiger partial charge in [0.1, 0.15) is 0 Å². The highest BCUT2D eigenvalue weighted by molar-refractivity contribution is 5.76. The third-order valence-corrected chi connectivity index (χ3v) is 6.41. The quantitative estimate of drug-likeness (QED) is 0.626. The van der Waals surface area contributed by atoms with E-state index in [2.05, 4.69) is 26.1 Å². The normalized spacial score (nSPS) is 31.5. The van der Waals surface area contributed by atoms with E-state index in [4.69, 9.17) is 14.2 Å². The van der Waals surface area contributed by atoms with Gasteiger partial charge in [0.2, 0.25) is 5.91 Å². The van der Waals surface area contributed by atoms with Crippen LogP contribution in [0.15, 0.2) is 0 Å². The Kier molecular flexibility index (Phi) is 6.46. The van der Waals surface area contributed by atoms with E-state index in [1.54, 1.807) is 7.11 Å². The van der Waals surface area contributed by atoms with Crippen LogP contribution >= 0.6 is 0 Å². The number of carbonyl (C=O) groups excluding carboxylic acids is 1. The second kappa shape index (κ2) is 7.95. The number of nitrogens with one attached hydrogen (secondary N) is 1. The van der Waals surface area contributed by atoms with Crippen molar-refractivity contribution >= 4 is 5.91 Å². The summed E-state index contributed by atoms with van der Waals surface area (Å²) in [5.74, 6) is 0.859. The molecule has 23 heavy (non-hydrogen) atoms. The molecule has 2 aliphatic carbocycles. The van der Waals surface area contributed by atoms with Crippen LogP contribution in [-0.4, -0.2) is 52.1 Å². The van der Waals surface area contributed by atoms with Gasteiger partial charge in [-0.3, -0.25) is 4.79 Å². The highest BCUT2D eigenvalue weighted by Gasteiger charge is 2.61. The van der Waals surface area contributed by atoms with Crippen molar-refractivity contribution in [3.8, 4) is 0 Å². The van der Waals surface area contributed by atoms with E-state index in [0.29, 0.717) is 50.9 Å². The molecule has 1 N–H and O–H groups in total. The SMILES string of the molecule is COCCOCCOCCC(=O)N[C@H]1C[C@H]2CC[C@]1(C)C2(C)C. The summed E-state index contributed by atoms with van der Waals surface area (Å²) in [6.07, 6.45) is 4.09. The molecule has 0 aromatic heterocycles. The molecule has 5 nitrogen and oxygen atoms in total. The number of carbonyl (C=O) groups is 1. The molecule has 5 heteroatoms. The summed E-state index contributed by atoms with van der Waals surface area (Å²) >= 11 is 0. The van der Waals surface area contributed by atoms with Gasteiger partial charge in [-0.15, -0.1) is 0 Å². The summed E-state index contributed by atoms with van der Waals surface area (Å²) in [7, 11) is 1.65. The predicted molar refractivity (Wildman–Crippen MR) is 89.3 cm³/mol. The number of hydrogen-bond donors (Lipinski definition) is 1. The summed E-state index contributed by atoms with van der Waals surface area (Å²) in [4.78, 5) is 12.2. The number of methoxy groups -OCH3 is 1. The molecular weight excluding hydrogens is 294 g/mol. The van der Waals surface area contributed by atoms with E-state index in [0.717, 1.165) is 12.3 Å². The molecule has 0 heterocycles. The van der Waals surface area contributed by atoms with E-state index in [9.17, 15) is 4.79 Å². The number of fused-ring (bicyclic) bond motifs is 2. The molecule has 0 unspecified atom stereocenters. The summed E-state index contributed by atoms with van der Waals surface area (Å²) in [5, 5.41) is 3.26. The van der Waals surface area contributed by atoms with Crippen LogP contribution in [0.5, 0.6) is 0 Å². The Morgan fingerprint density at radius 1 is 1.09 bits per heavy atom. The van der Waals surface area contributed by atoms with Crippen LogP contribution in [0, 0.1) is 16.7 Å². The molecule has 0 radical (unpaired) electrons. The predicted octanol–water partition coefficient (Wildman–Crippen LogP) is 2.39. The molecule has 2 bridgehead atoms. The van der Waals surface area contributed by atoms with Crippen molar-refractivity contribution in [3.05, 3.63) is 0 Å². The minimum atomic E-state index is 0.111. The lowest BCUT2D eigenvalue weighted by molar-refractivity contribution is -0.124. The zero-order valence-electron chi connectivity index (χ0n) is 15.2. The lowest BCUT2D eigenvalue weighted by atomic mass is 9.69. The molecular formula is C18H33NO4. The van der Waals surface area contributed by atoms with Gasteiger partial charge in [0.15, 0.2) is 0 Å². The van der Waals surface area contributed by atoms with Gasteiger partial charge in [0, 0.05) is 19.6 Å². The van der Waals surface area contributed by atoms with Gasteiger partial charge in [-0.25, -0.2) is 0 Å². The first kappa shape index (κ1) is 18.7. The molecule has 0 saturated heterocycles. The average molecular weight is 327 g/mol. The van der Waals surface area contributed by atoms with Crippen molar-refractivity contribution in [1.82, 2.24) is 5.32 Å². The summed E-state index contributed by atoms with van der Waals surface area (Å²) in [6.45, 7) is 9.77. The highest BCUT2D eigenvalue weighted by Crippen LogP contribution is 2.65. The van der Waals surface area contributed by atoms with E-state index in [1.807, 2.05) is 0 Å². The third kappa shape index (κ3) is 4.06. The van der Waals surface area contributed by atoms with Crippen LogP contribution < -0.4 is 5.32 Å². The maximum absolute atomic E-state index is 12.2. The Balaban J connectivity index is 1.59. The molecule has 134 valence electrons. The van der Waals surface area contributed by atoms with Gasteiger partial charge >= 0.3 is 0 Å². The van der Waals surface area contributed by atoms with Crippen LogP contribution in [-0.2, 0) is 19.0 Å². The zero-order chi connectivity index (χ0) is 16.9. The lowest BCUT2D eigenvalue weighted by Crippen LogP contribution is -2.47. The Hall–Kier alpha value is -0.650.